The van der Waals surface area contributed by atoms with E-state index in [2.05, 4.69) is 11.9 Å². The summed E-state index contributed by atoms with van der Waals surface area (Å²) in [5.74, 6) is 0. The molecular weight excluding hydrogens is 168 g/mol. The third-order valence-electron chi connectivity index (χ3n) is 1.65. The van der Waals surface area contributed by atoms with Crippen LogP contribution in [0.25, 0.3) is 0 Å². The minimum absolute atomic E-state index is 0.440. The number of aryl methyl sites for hydroxylation is 2. The standard InChI is InChI=1S/C9H12N2S/c1-3-8-5-7(9(10)12)4-6(2)11-8/h4-5H,3H2,1-2H3,(H2,10,12). The van der Waals surface area contributed by atoms with Crippen LogP contribution in [0.2, 0.25) is 0 Å². The second-order valence-corrected chi connectivity index (χ2v) is 3.15. The Labute approximate surface area is 77.8 Å². The lowest BCUT2D eigenvalue weighted by molar-refractivity contribution is 1.00. The van der Waals surface area contributed by atoms with Gasteiger partial charge in [0, 0.05) is 17.0 Å². The van der Waals surface area contributed by atoms with Gasteiger partial charge in [-0.15, -0.1) is 0 Å². The van der Waals surface area contributed by atoms with Gasteiger partial charge in [-0.05, 0) is 25.5 Å². The molecule has 1 rings (SSSR count). The third-order valence-corrected chi connectivity index (χ3v) is 1.89. The number of aromatic nitrogens is 1. The lowest BCUT2D eigenvalue weighted by Crippen LogP contribution is -2.10. The average molecular weight is 180 g/mol. The van der Waals surface area contributed by atoms with Gasteiger partial charge in [0.2, 0.25) is 0 Å². The number of nitrogens with two attached hydrogens (primary N) is 1. The number of thiocarbonyl (C=S) groups is 1. The first kappa shape index (κ1) is 9.13. The summed E-state index contributed by atoms with van der Waals surface area (Å²) < 4.78 is 0. The van der Waals surface area contributed by atoms with Crippen molar-refractivity contribution >= 4 is 17.2 Å². The molecule has 0 saturated heterocycles. The quantitative estimate of drug-likeness (QED) is 0.702. The molecule has 1 aromatic heterocycles. The highest BCUT2D eigenvalue weighted by atomic mass is 32.1. The van der Waals surface area contributed by atoms with E-state index in [9.17, 15) is 0 Å². The zero-order valence-electron chi connectivity index (χ0n) is 7.29. The van der Waals surface area contributed by atoms with Crippen molar-refractivity contribution in [3.63, 3.8) is 0 Å². The predicted octanol–water partition coefficient (Wildman–Crippen LogP) is 1.59. The molecule has 64 valence electrons. The molecule has 0 bridgehead atoms. The second-order valence-electron chi connectivity index (χ2n) is 2.71. The summed E-state index contributed by atoms with van der Waals surface area (Å²) in [6.45, 7) is 4.01. The minimum Gasteiger partial charge on any atom is -0.389 e. The summed E-state index contributed by atoms with van der Waals surface area (Å²) in [7, 11) is 0. The van der Waals surface area contributed by atoms with E-state index in [1.54, 1.807) is 0 Å². The van der Waals surface area contributed by atoms with Crippen LogP contribution < -0.4 is 5.73 Å². The number of hydrogen-bond acceptors (Lipinski definition) is 2. The van der Waals surface area contributed by atoms with Crippen LogP contribution in [0.4, 0.5) is 0 Å². The summed E-state index contributed by atoms with van der Waals surface area (Å²) in [6.07, 6.45) is 0.914. The fraction of sp³-hybridized carbons (Fsp3) is 0.333. The zero-order valence-corrected chi connectivity index (χ0v) is 8.11. The number of rotatable bonds is 2. The molecule has 2 nitrogen and oxygen atoms in total. The van der Waals surface area contributed by atoms with Crippen LogP contribution in [0.15, 0.2) is 12.1 Å². The maximum Gasteiger partial charge on any atom is 0.104 e. The molecule has 12 heavy (non-hydrogen) atoms. The minimum atomic E-state index is 0.440. The number of hydrogen-bond donors (Lipinski definition) is 1. The second kappa shape index (κ2) is 3.63. The van der Waals surface area contributed by atoms with Crippen molar-refractivity contribution in [2.45, 2.75) is 20.3 Å². The molecule has 0 radical (unpaired) electrons. The summed E-state index contributed by atoms with van der Waals surface area (Å²) >= 11 is 4.88. The highest BCUT2D eigenvalue weighted by Gasteiger charge is 2.00. The topological polar surface area (TPSA) is 38.9 Å². The highest BCUT2D eigenvalue weighted by Crippen LogP contribution is 2.05. The Bertz CT molecular complexity index is 307. The van der Waals surface area contributed by atoms with Gasteiger partial charge in [-0.2, -0.15) is 0 Å². The fourth-order valence-electron chi connectivity index (χ4n) is 1.06. The molecule has 0 spiro atoms. The van der Waals surface area contributed by atoms with E-state index in [0.717, 1.165) is 23.4 Å². The van der Waals surface area contributed by atoms with E-state index in [4.69, 9.17) is 18.0 Å². The van der Waals surface area contributed by atoms with Gasteiger partial charge in [-0.25, -0.2) is 0 Å². The van der Waals surface area contributed by atoms with Gasteiger partial charge in [0.1, 0.15) is 4.99 Å². The van der Waals surface area contributed by atoms with E-state index >= 15 is 0 Å². The highest BCUT2D eigenvalue weighted by molar-refractivity contribution is 7.80. The van der Waals surface area contributed by atoms with Crippen LogP contribution in [-0.2, 0) is 6.42 Å². The first-order valence-electron chi connectivity index (χ1n) is 3.91. The molecule has 0 aromatic carbocycles. The van der Waals surface area contributed by atoms with Crippen molar-refractivity contribution in [3.8, 4) is 0 Å². The monoisotopic (exact) mass is 180 g/mol. The van der Waals surface area contributed by atoms with Gasteiger partial charge >= 0.3 is 0 Å². The van der Waals surface area contributed by atoms with Crippen molar-refractivity contribution < 1.29 is 0 Å². The Morgan fingerprint density at radius 1 is 1.58 bits per heavy atom. The maximum atomic E-state index is 5.51. The summed E-state index contributed by atoms with van der Waals surface area (Å²) in [6, 6.07) is 3.84. The molecule has 1 heterocycles. The van der Waals surface area contributed by atoms with Crippen LogP contribution in [0.1, 0.15) is 23.9 Å². The van der Waals surface area contributed by atoms with Gasteiger partial charge in [-0.1, -0.05) is 19.1 Å². The van der Waals surface area contributed by atoms with Gasteiger partial charge in [0.05, 0.1) is 0 Å². The lowest BCUT2D eigenvalue weighted by atomic mass is 10.1. The Morgan fingerprint density at radius 2 is 2.25 bits per heavy atom. The maximum absolute atomic E-state index is 5.51. The van der Waals surface area contributed by atoms with E-state index < -0.39 is 0 Å². The van der Waals surface area contributed by atoms with Crippen molar-refractivity contribution in [2.75, 3.05) is 0 Å². The number of pyridine rings is 1. The molecule has 0 aliphatic carbocycles. The largest absolute Gasteiger partial charge is 0.389 e. The Kier molecular flexibility index (Phi) is 2.76. The van der Waals surface area contributed by atoms with Gasteiger partial charge in [0.15, 0.2) is 0 Å². The molecule has 0 atom stereocenters. The Balaban J connectivity index is 3.15. The van der Waals surface area contributed by atoms with E-state index in [-0.39, 0.29) is 0 Å². The normalized spacial score (nSPS) is 9.83. The average Bonchev–Trinajstić information content (AvgIpc) is 2.03. The van der Waals surface area contributed by atoms with E-state index in [1.807, 2.05) is 19.1 Å². The Hall–Kier alpha value is -0.960. The smallest absolute Gasteiger partial charge is 0.104 e. The predicted molar refractivity (Wildman–Crippen MR) is 54.2 cm³/mol. The molecule has 0 aliphatic rings. The molecule has 2 N–H and O–H groups in total. The molecule has 1 aromatic rings. The van der Waals surface area contributed by atoms with Crippen LogP contribution in [0, 0.1) is 6.92 Å². The molecule has 0 amide bonds. The summed E-state index contributed by atoms with van der Waals surface area (Å²) in [4.78, 5) is 4.76. The molecular formula is C9H12N2S. The van der Waals surface area contributed by atoms with Gasteiger partial charge < -0.3 is 5.73 Å². The fourth-order valence-corrected chi connectivity index (χ4v) is 1.18. The van der Waals surface area contributed by atoms with Gasteiger partial charge in [-0.3, -0.25) is 4.98 Å². The van der Waals surface area contributed by atoms with Crippen molar-refractivity contribution in [2.24, 2.45) is 5.73 Å². The number of nitrogens with zero attached hydrogens (tertiary/aromatic N) is 1. The lowest BCUT2D eigenvalue weighted by Gasteiger charge is -2.02. The molecule has 0 aliphatic heterocycles. The van der Waals surface area contributed by atoms with Crippen LogP contribution in [0.5, 0.6) is 0 Å². The SMILES string of the molecule is CCc1cc(C(N)=S)cc(C)n1. The van der Waals surface area contributed by atoms with Crippen molar-refractivity contribution in [3.05, 3.63) is 29.1 Å². The van der Waals surface area contributed by atoms with Crippen LogP contribution in [-0.4, -0.2) is 9.97 Å². The first-order chi connectivity index (χ1) is 5.63. The molecule has 3 heteroatoms. The molecule has 0 unspecified atom stereocenters. The summed E-state index contributed by atoms with van der Waals surface area (Å²) in [5.41, 5.74) is 8.43. The van der Waals surface area contributed by atoms with Gasteiger partial charge in [0.25, 0.3) is 0 Å². The Morgan fingerprint density at radius 3 is 2.75 bits per heavy atom. The van der Waals surface area contributed by atoms with Crippen molar-refractivity contribution in [1.82, 2.24) is 4.98 Å². The van der Waals surface area contributed by atoms with Crippen LogP contribution in [0.3, 0.4) is 0 Å². The van der Waals surface area contributed by atoms with E-state index in [0.29, 0.717) is 4.99 Å². The van der Waals surface area contributed by atoms with Crippen molar-refractivity contribution in [1.29, 1.82) is 0 Å². The third kappa shape index (κ3) is 2.01. The zero-order chi connectivity index (χ0) is 9.14. The summed E-state index contributed by atoms with van der Waals surface area (Å²) in [5, 5.41) is 0. The van der Waals surface area contributed by atoms with E-state index in [1.165, 1.54) is 0 Å². The van der Waals surface area contributed by atoms with Crippen LogP contribution >= 0.6 is 12.2 Å². The first-order valence-corrected chi connectivity index (χ1v) is 4.31. The molecule has 0 saturated carbocycles. The molecule has 0 fully saturated rings.